The van der Waals surface area contributed by atoms with Crippen molar-refractivity contribution in [3.05, 3.63) is 29.8 Å². The first-order valence-electron chi connectivity index (χ1n) is 8.09. The van der Waals surface area contributed by atoms with Gasteiger partial charge in [0.15, 0.2) is 0 Å². The van der Waals surface area contributed by atoms with Crippen LogP contribution in [0, 0.1) is 12.3 Å². The molecule has 0 atom stereocenters. The van der Waals surface area contributed by atoms with Crippen molar-refractivity contribution in [2.24, 2.45) is 5.41 Å². The number of nitrogens with zero attached hydrogens (tertiary/aromatic N) is 1. The zero-order chi connectivity index (χ0) is 14.9. The van der Waals surface area contributed by atoms with E-state index in [0.717, 1.165) is 18.5 Å². The Labute approximate surface area is 128 Å². The van der Waals surface area contributed by atoms with Gasteiger partial charge < -0.3 is 0 Å². The third-order valence-corrected chi connectivity index (χ3v) is 7.06. The minimum Gasteiger partial charge on any atom is -0.207 e. The van der Waals surface area contributed by atoms with Crippen LogP contribution in [0.25, 0.3) is 0 Å². The van der Waals surface area contributed by atoms with Crippen LogP contribution in [0.5, 0.6) is 0 Å². The second kappa shape index (κ2) is 5.73. The summed E-state index contributed by atoms with van der Waals surface area (Å²) in [6.07, 6.45) is 8.45. The van der Waals surface area contributed by atoms with Gasteiger partial charge in [0.25, 0.3) is 0 Å². The minimum atomic E-state index is -3.32. The maximum Gasteiger partial charge on any atom is 0.243 e. The number of sulfonamides is 1. The van der Waals surface area contributed by atoms with E-state index in [1.165, 1.54) is 38.5 Å². The number of benzene rings is 1. The van der Waals surface area contributed by atoms with Crippen molar-refractivity contribution in [1.29, 1.82) is 0 Å². The van der Waals surface area contributed by atoms with Gasteiger partial charge >= 0.3 is 0 Å². The largest absolute Gasteiger partial charge is 0.243 e. The third-order valence-electron chi connectivity index (χ3n) is 5.20. The first-order valence-corrected chi connectivity index (χ1v) is 9.53. The molecule has 1 aliphatic heterocycles. The summed E-state index contributed by atoms with van der Waals surface area (Å²) in [6, 6.07) is 7.25. The van der Waals surface area contributed by atoms with Crippen molar-refractivity contribution in [1.82, 2.24) is 4.31 Å². The molecule has 4 heteroatoms. The summed E-state index contributed by atoms with van der Waals surface area (Å²) in [4.78, 5) is 0.445. The molecule has 1 saturated heterocycles. The standard InChI is InChI=1S/C17H25NO2S/c1-15-6-8-16(9-7-15)21(19,20)18-13-5-12-17(14-18)10-3-2-4-11-17/h6-9H,2-5,10-14H2,1H3. The van der Waals surface area contributed by atoms with E-state index in [1.807, 2.05) is 19.1 Å². The fourth-order valence-electron chi connectivity index (χ4n) is 3.94. The summed E-state index contributed by atoms with van der Waals surface area (Å²) < 4.78 is 27.4. The van der Waals surface area contributed by atoms with E-state index >= 15 is 0 Å². The Kier molecular flexibility index (Phi) is 4.10. The maximum atomic E-state index is 12.9. The van der Waals surface area contributed by atoms with E-state index in [2.05, 4.69) is 0 Å². The zero-order valence-corrected chi connectivity index (χ0v) is 13.7. The van der Waals surface area contributed by atoms with Crippen LogP contribution in [0.1, 0.15) is 50.5 Å². The molecule has 116 valence electrons. The van der Waals surface area contributed by atoms with Gasteiger partial charge in [-0.1, -0.05) is 37.0 Å². The van der Waals surface area contributed by atoms with E-state index < -0.39 is 10.0 Å². The molecule has 0 amide bonds. The molecular weight excluding hydrogens is 282 g/mol. The lowest BCUT2D eigenvalue weighted by Crippen LogP contribution is -2.46. The lowest BCUT2D eigenvalue weighted by Gasteiger charge is -2.44. The Morgan fingerprint density at radius 3 is 2.24 bits per heavy atom. The Hall–Kier alpha value is -0.870. The van der Waals surface area contributed by atoms with Crippen LogP contribution in [0.15, 0.2) is 29.2 Å². The summed E-state index contributed by atoms with van der Waals surface area (Å²) in [5.74, 6) is 0. The van der Waals surface area contributed by atoms with Gasteiger partial charge in [0, 0.05) is 13.1 Å². The van der Waals surface area contributed by atoms with Gasteiger partial charge in [0.2, 0.25) is 10.0 Å². The molecule has 1 aromatic carbocycles. The van der Waals surface area contributed by atoms with Gasteiger partial charge in [-0.3, -0.25) is 0 Å². The molecule has 0 bridgehead atoms. The van der Waals surface area contributed by atoms with Crippen molar-refractivity contribution in [3.63, 3.8) is 0 Å². The highest BCUT2D eigenvalue weighted by atomic mass is 32.2. The van der Waals surface area contributed by atoms with Crippen molar-refractivity contribution in [2.75, 3.05) is 13.1 Å². The van der Waals surface area contributed by atoms with Gasteiger partial charge in [-0.2, -0.15) is 4.31 Å². The van der Waals surface area contributed by atoms with Crippen LogP contribution in [-0.4, -0.2) is 25.8 Å². The zero-order valence-electron chi connectivity index (χ0n) is 12.8. The third kappa shape index (κ3) is 3.02. The monoisotopic (exact) mass is 307 g/mol. The number of rotatable bonds is 2. The van der Waals surface area contributed by atoms with Gasteiger partial charge in [-0.05, 0) is 50.2 Å². The van der Waals surface area contributed by atoms with E-state index in [0.29, 0.717) is 11.4 Å². The average molecular weight is 307 g/mol. The van der Waals surface area contributed by atoms with Crippen molar-refractivity contribution in [3.8, 4) is 0 Å². The van der Waals surface area contributed by atoms with E-state index in [1.54, 1.807) is 16.4 Å². The smallest absolute Gasteiger partial charge is 0.207 e. The summed E-state index contributed by atoms with van der Waals surface area (Å²) in [5.41, 5.74) is 1.35. The molecule has 0 radical (unpaired) electrons. The quantitative estimate of drug-likeness (QED) is 0.835. The predicted molar refractivity (Wildman–Crippen MR) is 84.7 cm³/mol. The van der Waals surface area contributed by atoms with E-state index in [-0.39, 0.29) is 5.41 Å². The average Bonchev–Trinajstić information content (AvgIpc) is 2.48. The van der Waals surface area contributed by atoms with Crippen LogP contribution < -0.4 is 0 Å². The molecule has 1 spiro atoms. The van der Waals surface area contributed by atoms with Crippen molar-refractivity contribution in [2.45, 2.75) is 56.8 Å². The topological polar surface area (TPSA) is 37.4 Å². The normalized spacial score (nSPS) is 23.3. The summed E-state index contributed by atoms with van der Waals surface area (Å²) in [5, 5.41) is 0. The minimum absolute atomic E-state index is 0.258. The predicted octanol–water partition coefficient (Wildman–Crippen LogP) is 3.73. The highest BCUT2D eigenvalue weighted by molar-refractivity contribution is 7.89. The van der Waals surface area contributed by atoms with Crippen LogP contribution in [0.3, 0.4) is 0 Å². The molecule has 2 aliphatic rings. The lowest BCUT2D eigenvalue weighted by atomic mass is 9.70. The number of hydrogen-bond donors (Lipinski definition) is 0. The van der Waals surface area contributed by atoms with Crippen molar-refractivity contribution >= 4 is 10.0 Å². The van der Waals surface area contributed by atoms with Crippen LogP contribution in [0.4, 0.5) is 0 Å². The molecule has 0 unspecified atom stereocenters. The molecule has 0 N–H and O–H groups in total. The summed E-state index contributed by atoms with van der Waals surface area (Å²) in [7, 11) is -3.32. The van der Waals surface area contributed by atoms with E-state index in [4.69, 9.17) is 0 Å². The fourth-order valence-corrected chi connectivity index (χ4v) is 5.53. The summed E-state index contributed by atoms with van der Waals surface area (Å²) >= 11 is 0. The first kappa shape index (κ1) is 15.0. The van der Waals surface area contributed by atoms with Crippen LogP contribution >= 0.6 is 0 Å². The maximum absolute atomic E-state index is 12.9. The van der Waals surface area contributed by atoms with E-state index in [9.17, 15) is 8.42 Å². The number of piperidine rings is 1. The molecular formula is C17H25NO2S. The van der Waals surface area contributed by atoms with Crippen LogP contribution in [0.2, 0.25) is 0 Å². The fraction of sp³-hybridized carbons (Fsp3) is 0.647. The SMILES string of the molecule is Cc1ccc(S(=O)(=O)N2CCCC3(CCCCC3)C2)cc1. The second-order valence-corrected chi connectivity index (χ2v) is 8.75. The Morgan fingerprint density at radius 1 is 0.952 bits per heavy atom. The Morgan fingerprint density at radius 2 is 1.57 bits per heavy atom. The van der Waals surface area contributed by atoms with Gasteiger partial charge in [-0.15, -0.1) is 0 Å². The lowest BCUT2D eigenvalue weighted by molar-refractivity contribution is 0.0965. The Balaban J connectivity index is 1.83. The second-order valence-electron chi connectivity index (χ2n) is 6.82. The van der Waals surface area contributed by atoms with Crippen LogP contribution in [-0.2, 0) is 10.0 Å². The number of aryl methyl sites for hydroxylation is 1. The first-order chi connectivity index (χ1) is 10.0. The molecule has 1 aromatic rings. The van der Waals surface area contributed by atoms with Gasteiger partial charge in [0.05, 0.1) is 4.90 Å². The highest BCUT2D eigenvalue weighted by Gasteiger charge is 2.40. The number of hydrogen-bond acceptors (Lipinski definition) is 2. The molecule has 21 heavy (non-hydrogen) atoms. The highest BCUT2D eigenvalue weighted by Crippen LogP contribution is 2.44. The molecule has 1 saturated carbocycles. The molecule has 0 aromatic heterocycles. The molecule has 2 fully saturated rings. The molecule has 1 aliphatic carbocycles. The molecule has 1 heterocycles. The summed E-state index contributed by atoms with van der Waals surface area (Å²) in [6.45, 7) is 3.38. The van der Waals surface area contributed by atoms with Gasteiger partial charge in [-0.25, -0.2) is 8.42 Å². The molecule has 3 nitrogen and oxygen atoms in total. The van der Waals surface area contributed by atoms with Gasteiger partial charge in [0.1, 0.15) is 0 Å². The Bertz CT molecular complexity index is 580. The van der Waals surface area contributed by atoms with Crippen molar-refractivity contribution < 1.29 is 8.42 Å². The molecule has 3 rings (SSSR count).